The summed E-state index contributed by atoms with van der Waals surface area (Å²) in [7, 11) is -0.832. The maximum absolute atomic E-state index is 12.4. The van der Waals surface area contributed by atoms with E-state index in [0.717, 1.165) is 0 Å². The molecule has 0 amide bonds. The molecule has 0 saturated carbocycles. The van der Waals surface area contributed by atoms with Crippen molar-refractivity contribution in [3.05, 3.63) is 24.0 Å². The number of hydrogen-bond acceptors (Lipinski definition) is 6. The molecule has 1 aromatic heterocycles. The fourth-order valence-corrected chi connectivity index (χ4v) is 3.19. The molecule has 120 valence electrons. The van der Waals surface area contributed by atoms with Crippen molar-refractivity contribution in [2.45, 2.75) is 11.8 Å². The Hall–Kier alpha value is -1.90. The van der Waals surface area contributed by atoms with Gasteiger partial charge in [-0.1, -0.05) is 0 Å². The average Bonchev–Trinajstić information content (AvgIpc) is 2.91. The van der Waals surface area contributed by atoms with Gasteiger partial charge >= 0.3 is 0 Å². The third-order valence-electron chi connectivity index (χ3n) is 3.06. The minimum atomic E-state index is -3.75. The molecule has 7 nitrogen and oxygen atoms in total. The normalized spacial score (nSPS) is 11.8. The van der Waals surface area contributed by atoms with E-state index in [2.05, 4.69) is 4.72 Å². The Morgan fingerprint density at radius 2 is 2.05 bits per heavy atom. The number of rotatable bonds is 7. The molecular formula is C14H17NO6S. The molecule has 0 aliphatic carbocycles. The lowest BCUT2D eigenvalue weighted by molar-refractivity contribution is 0.0989. The van der Waals surface area contributed by atoms with Crippen molar-refractivity contribution < 1.29 is 27.1 Å². The van der Waals surface area contributed by atoms with Gasteiger partial charge in [-0.25, -0.2) is 13.1 Å². The summed E-state index contributed by atoms with van der Waals surface area (Å²) in [5.41, 5.74) is 0.224. The van der Waals surface area contributed by atoms with Crippen LogP contribution >= 0.6 is 0 Å². The van der Waals surface area contributed by atoms with Crippen LogP contribution in [0.15, 0.2) is 27.5 Å². The molecule has 22 heavy (non-hydrogen) atoms. The van der Waals surface area contributed by atoms with E-state index in [9.17, 15) is 13.2 Å². The van der Waals surface area contributed by atoms with E-state index < -0.39 is 10.0 Å². The molecule has 0 fully saturated rings. The second-order valence-electron chi connectivity index (χ2n) is 4.57. The lowest BCUT2D eigenvalue weighted by Crippen LogP contribution is -2.27. The van der Waals surface area contributed by atoms with Gasteiger partial charge in [0.2, 0.25) is 10.0 Å². The van der Waals surface area contributed by atoms with Gasteiger partial charge in [0.15, 0.2) is 22.9 Å². The summed E-state index contributed by atoms with van der Waals surface area (Å²) in [4.78, 5) is 11.5. The first kappa shape index (κ1) is 16.5. The third kappa shape index (κ3) is 3.13. The molecule has 0 unspecified atom stereocenters. The maximum atomic E-state index is 12.4. The molecule has 0 aliphatic rings. The number of ketones is 1. The summed E-state index contributed by atoms with van der Waals surface area (Å²) in [5.74, 6) is 0.139. The molecule has 1 N–H and O–H groups in total. The largest absolute Gasteiger partial charge is 0.493 e. The van der Waals surface area contributed by atoms with Crippen LogP contribution in [0, 0.1) is 0 Å². The highest BCUT2D eigenvalue weighted by Gasteiger charge is 2.22. The molecule has 0 saturated heterocycles. The number of hydrogen-bond donors (Lipinski definition) is 1. The Kier molecular flexibility index (Phi) is 4.84. The summed E-state index contributed by atoms with van der Waals surface area (Å²) in [6.45, 7) is 1.74. The van der Waals surface area contributed by atoms with Gasteiger partial charge in [-0.05, 0) is 18.2 Å². The van der Waals surface area contributed by atoms with E-state index in [4.69, 9.17) is 13.9 Å². The van der Waals surface area contributed by atoms with Crippen LogP contribution in [0.2, 0.25) is 0 Å². The number of furan rings is 1. The average molecular weight is 327 g/mol. The van der Waals surface area contributed by atoms with Crippen LogP contribution in [0.1, 0.15) is 17.5 Å². The molecule has 1 heterocycles. The van der Waals surface area contributed by atoms with Crippen LogP contribution in [0.5, 0.6) is 5.75 Å². The van der Waals surface area contributed by atoms with Crippen LogP contribution in [-0.4, -0.2) is 41.6 Å². The summed E-state index contributed by atoms with van der Waals surface area (Å²) in [6, 6.07) is 4.31. The van der Waals surface area contributed by atoms with Crippen molar-refractivity contribution in [2.75, 3.05) is 27.4 Å². The molecule has 0 radical (unpaired) electrons. The van der Waals surface area contributed by atoms with Gasteiger partial charge in [-0.15, -0.1) is 0 Å². The number of Topliss-reactive ketones (excluding diaryl/α,β-unsaturated/α-hetero) is 1. The van der Waals surface area contributed by atoms with Crippen molar-refractivity contribution in [2.24, 2.45) is 0 Å². The van der Waals surface area contributed by atoms with Crippen LogP contribution in [-0.2, 0) is 14.8 Å². The molecule has 0 spiro atoms. The van der Waals surface area contributed by atoms with E-state index in [0.29, 0.717) is 11.1 Å². The minimum absolute atomic E-state index is 0.0238. The molecule has 2 aromatic rings. The van der Waals surface area contributed by atoms with Gasteiger partial charge in [0.1, 0.15) is 0 Å². The smallest absolute Gasteiger partial charge is 0.241 e. The highest BCUT2D eigenvalue weighted by molar-refractivity contribution is 7.89. The lowest BCUT2D eigenvalue weighted by Gasteiger charge is -2.08. The fraction of sp³-hybridized carbons (Fsp3) is 0.357. The van der Waals surface area contributed by atoms with Crippen LogP contribution in [0.25, 0.3) is 11.0 Å². The van der Waals surface area contributed by atoms with Gasteiger partial charge in [0.05, 0.1) is 18.6 Å². The number of carbonyl (C=O) groups is 1. The molecule has 0 bridgehead atoms. The number of benzene rings is 1. The maximum Gasteiger partial charge on any atom is 0.241 e. The van der Waals surface area contributed by atoms with E-state index in [1.54, 1.807) is 0 Å². The Labute approximate surface area is 128 Å². The zero-order valence-electron chi connectivity index (χ0n) is 12.5. The second-order valence-corrected chi connectivity index (χ2v) is 6.30. The monoisotopic (exact) mass is 327 g/mol. The first-order chi connectivity index (χ1) is 10.4. The quantitative estimate of drug-likeness (QED) is 0.613. The number of methoxy groups -OCH3 is 2. The first-order valence-electron chi connectivity index (χ1n) is 6.50. The predicted octanol–water partition coefficient (Wildman–Crippen LogP) is 1.57. The van der Waals surface area contributed by atoms with Gasteiger partial charge in [-0.2, -0.15) is 0 Å². The van der Waals surface area contributed by atoms with Crippen LogP contribution in [0.3, 0.4) is 0 Å². The summed E-state index contributed by atoms with van der Waals surface area (Å²) in [6.07, 6.45) is 0. The van der Waals surface area contributed by atoms with Crippen molar-refractivity contribution in [1.82, 2.24) is 4.72 Å². The van der Waals surface area contributed by atoms with E-state index in [1.165, 1.54) is 39.3 Å². The molecule has 0 aliphatic heterocycles. The Balaban J connectivity index is 2.57. The minimum Gasteiger partial charge on any atom is -0.493 e. The Morgan fingerprint density at radius 1 is 1.32 bits per heavy atom. The summed E-state index contributed by atoms with van der Waals surface area (Å²) in [5, 5.41) is 0.300. The zero-order chi connectivity index (χ0) is 16.3. The third-order valence-corrected chi connectivity index (χ3v) is 4.58. The predicted molar refractivity (Wildman–Crippen MR) is 79.8 cm³/mol. The van der Waals surface area contributed by atoms with Gasteiger partial charge in [-0.3, -0.25) is 4.79 Å². The Morgan fingerprint density at radius 3 is 2.64 bits per heavy atom. The zero-order valence-corrected chi connectivity index (χ0v) is 13.3. The summed E-state index contributed by atoms with van der Waals surface area (Å²) < 4.78 is 42.5. The summed E-state index contributed by atoms with van der Waals surface area (Å²) >= 11 is 0. The number of fused-ring (bicyclic) bond motifs is 1. The van der Waals surface area contributed by atoms with E-state index in [-0.39, 0.29) is 35.2 Å². The first-order valence-corrected chi connectivity index (χ1v) is 7.99. The number of carbonyl (C=O) groups excluding carboxylic acids is 1. The Bertz CT molecular complexity index is 793. The van der Waals surface area contributed by atoms with Crippen LogP contribution < -0.4 is 9.46 Å². The molecule has 2 rings (SSSR count). The number of sulfonamides is 1. The topological polar surface area (TPSA) is 94.8 Å². The van der Waals surface area contributed by atoms with Crippen molar-refractivity contribution in [3.63, 3.8) is 0 Å². The second kappa shape index (κ2) is 6.47. The standard InChI is InChI=1S/C14H17NO6S/c1-9(16)12-8-10-13(22(17,18)15-6-7-19-2)5-4-11(20-3)14(10)21-12/h4-5,8,15H,6-7H2,1-3H3. The SMILES string of the molecule is COCCNS(=O)(=O)c1ccc(OC)c2oc(C(C)=O)cc12. The van der Waals surface area contributed by atoms with E-state index in [1.807, 2.05) is 0 Å². The van der Waals surface area contributed by atoms with Crippen molar-refractivity contribution in [1.29, 1.82) is 0 Å². The van der Waals surface area contributed by atoms with Gasteiger partial charge in [0.25, 0.3) is 0 Å². The number of ether oxygens (including phenoxy) is 2. The van der Waals surface area contributed by atoms with Gasteiger partial charge in [0, 0.05) is 26.0 Å². The van der Waals surface area contributed by atoms with Crippen molar-refractivity contribution in [3.8, 4) is 5.75 Å². The lowest BCUT2D eigenvalue weighted by atomic mass is 10.2. The van der Waals surface area contributed by atoms with Crippen LogP contribution in [0.4, 0.5) is 0 Å². The fourth-order valence-electron chi connectivity index (χ4n) is 2.00. The highest BCUT2D eigenvalue weighted by Crippen LogP contribution is 2.33. The molecular weight excluding hydrogens is 310 g/mol. The van der Waals surface area contributed by atoms with E-state index >= 15 is 0 Å². The highest BCUT2D eigenvalue weighted by atomic mass is 32.2. The van der Waals surface area contributed by atoms with Gasteiger partial charge < -0.3 is 13.9 Å². The molecule has 0 atom stereocenters. The van der Waals surface area contributed by atoms with Crippen molar-refractivity contribution >= 4 is 26.8 Å². The number of nitrogens with one attached hydrogen (secondary N) is 1. The molecule has 8 heteroatoms. The molecule has 1 aromatic carbocycles.